The predicted octanol–water partition coefficient (Wildman–Crippen LogP) is 3.62. The molecule has 1 fully saturated rings. The summed E-state index contributed by atoms with van der Waals surface area (Å²) >= 11 is 0. The number of nitrogens with zero attached hydrogens (tertiary/aromatic N) is 4. The molecule has 0 bridgehead atoms. The summed E-state index contributed by atoms with van der Waals surface area (Å²) in [6.45, 7) is 0. The zero-order chi connectivity index (χ0) is 22.8. The molecular formula is C24H22N6O3. The van der Waals surface area contributed by atoms with Gasteiger partial charge in [0.05, 0.1) is 25.3 Å². The molecule has 4 aromatic rings. The molecule has 0 atom stereocenters. The van der Waals surface area contributed by atoms with Gasteiger partial charge < -0.3 is 14.8 Å². The van der Waals surface area contributed by atoms with Gasteiger partial charge in [-0.3, -0.25) is 9.78 Å². The van der Waals surface area contributed by atoms with E-state index in [1.165, 1.54) is 0 Å². The zero-order valence-corrected chi connectivity index (χ0v) is 18.2. The molecular weight excluding hydrogens is 420 g/mol. The highest BCUT2D eigenvalue weighted by molar-refractivity contribution is 6.02. The standard InChI is InChI=1S/C24H22N6O3/c1-32-19-9-6-15(13-20(19)33-2)17-8-7-16(14-18(17)22-27-29-30-28-22)26-23(31)24(10-11-24)21-5-3-4-12-25-21/h3-9,12-14H,10-11H2,1-2H3,(H,26,31)(H,27,28,29,30). The van der Waals surface area contributed by atoms with E-state index in [4.69, 9.17) is 9.47 Å². The average molecular weight is 442 g/mol. The number of aromatic nitrogens is 5. The van der Waals surface area contributed by atoms with Crippen LogP contribution < -0.4 is 14.8 Å². The molecule has 0 spiro atoms. The van der Waals surface area contributed by atoms with Crippen molar-refractivity contribution in [1.82, 2.24) is 25.6 Å². The van der Waals surface area contributed by atoms with E-state index in [-0.39, 0.29) is 5.91 Å². The second-order valence-corrected chi connectivity index (χ2v) is 7.83. The third-order valence-corrected chi connectivity index (χ3v) is 5.91. The predicted molar refractivity (Wildman–Crippen MR) is 122 cm³/mol. The number of benzene rings is 2. The number of ether oxygens (including phenoxy) is 2. The summed E-state index contributed by atoms with van der Waals surface area (Å²) in [6.07, 6.45) is 3.27. The Morgan fingerprint density at radius 1 is 1.00 bits per heavy atom. The van der Waals surface area contributed by atoms with Crippen LogP contribution in [0, 0.1) is 0 Å². The molecule has 0 saturated heterocycles. The fourth-order valence-corrected chi connectivity index (χ4v) is 3.97. The van der Waals surface area contributed by atoms with E-state index >= 15 is 0 Å². The summed E-state index contributed by atoms with van der Waals surface area (Å²) in [4.78, 5) is 17.6. The first kappa shape index (κ1) is 20.6. The quantitative estimate of drug-likeness (QED) is 0.449. The van der Waals surface area contributed by atoms with E-state index in [0.717, 1.165) is 35.2 Å². The van der Waals surface area contributed by atoms with Crippen molar-refractivity contribution in [3.63, 3.8) is 0 Å². The number of anilines is 1. The van der Waals surface area contributed by atoms with Crippen LogP contribution in [-0.4, -0.2) is 45.7 Å². The van der Waals surface area contributed by atoms with Gasteiger partial charge in [-0.15, -0.1) is 5.10 Å². The van der Waals surface area contributed by atoms with Crippen LogP contribution in [0.15, 0.2) is 60.8 Å². The summed E-state index contributed by atoms with van der Waals surface area (Å²) in [5.74, 6) is 1.67. The molecule has 2 aromatic heterocycles. The second kappa shape index (κ2) is 8.34. The Morgan fingerprint density at radius 2 is 1.85 bits per heavy atom. The van der Waals surface area contributed by atoms with Gasteiger partial charge in [0.2, 0.25) is 5.91 Å². The minimum absolute atomic E-state index is 0.0679. The first-order chi connectivity index (χ1) is 16.1. The van der Waals surface area contributed by atoms with E-state index < -0.39 is 5.41 Å². The van der Waals surface area contributed by atoms with E-state index in [9.17, 15) is 4.79 Å². The van der Waals surface area contributed by atoms with Gasteiger partial charge in [0, 0.05) is 17.4 Å². The molecule has 0 aliphatic heterocycles. The molecule has 2 heterocycles. The molecule has 5 rings (SSSR count). The normalized spacial score (nSPS) is 13.9. The Kier molecular flexibility index (Phi) is 5.21. The highest BCUT2D eigenvalue weighted by Crippen LogP contribution is 2.48. The maximum Gasteiger partial charge on any atom is 0.236 e. The summed E-state index contributed by atoms with van der Waals surface area (Å²) in [5.41, 5.74) is 3.38. The van der Waals surface area contributed by atoms with Crippen molar-refractivity contribution in [2.45, 2.75) is 18.3 Å². The number of hydrogen-bond acceptors (Lipinski definition) is 7. The monoisotopic (exact) mass is 442 g/mol. The molecule has 1 saturated carbocycles. The zero-order valence-electron chi connectivity index (χ0n) is 18.2. The molecule has 9 nitrogen and oxygen atoms in total. The Morgan fingerprint density at radius 3 is 2.52 bits per heavy atom. The maximum absolute atomic E-state index is 13.2. The lowest BCUT2D eigenvalue weighted by molar-refractivity contribution is -0.118. The second-order valence-electron chi connectivity index (χ2n) is 7.83. The first-order valence-electron chi connectivity index (χ1n) is 10.5. The number of pyridine rings is 1. The molecule has 1 aliphatic carbocycles. The average Bonchev–Trinajstić information content (AvgIpc) is 3.50. The number of tetrazole rings is 1. The van der Waals surface area contributed by atoms with Gasteiger partial charge in [0.25, 0.3) is 0 Å². The van der Waals surface area contributed by atoms with Gasteiger partial charge in [-0.2, -0.15) is 0 Å². The van der Waals surface area contributed by atoms with Crippen molar-refractivity contribution in [2.75, 3.05) is 19.5 Å². The largest absolute Gasteiger partial charge is 0.493 e. The molecule has 2 N–H and O–H groups in total. The first-order valence-corrected chi connectivity index (χ1v) is 10.5. The van der Waals surface area contributed by atoms with Crippen molar-refractivity contribution in [2.24, 2.45) is 0 Å². The van der Waals surface area contributed by atoms with E-state index in [1.54, 1.807) is 20.4 Å². The number of hydrogen-bond donors (Lipinski definition) is 2. The lowest BCUT2D eigenvalue weighted by Gasteiger charge is -2.16. The van der Waals surface area contributed by atoms with Crippen LogP contribution in [0.5, 0.6) is 11.5 Å². The number of rotatable bonds is 7. The number of H-pyrrole nitrogens is 1. The van der Waals surface area contributed by atoms with Crippen molar-refractivity contribution >= 4 is 11.6 Å². The van der Waals surface area contributed by atoms with Crippen molar-refractivity contribution in [3.05, 3.63) is 66.5 Å². The molecule has 2 aromatic carbocycles. The third-order valence-electron chi connectivity index (χ3n) is 5.91. The molecule has 166 valence electrons. The van der Waals surface area contributed by atoms with Crippen molar-refractivity contribution < 1.29 is 14.3 Å². The summed E-state index contributed by atoms with van der Waals surface area (Å²) < 4.78 is 10.8. The summed E-state index contributed by atoms with van der Waals surface area (Å²) in [6, 6.07) is 17.0. The third kappa shape index (κ3) is 3.78. The van der Waals surface area contributed by atoms with E-state index in [2.05, 4.69) is 30.9 Å². The van der Waals surface area contributed by atoms with Crippen LogP contribution in [-0.2, 0) is 10.2 Å². The molecule has 1 aliphatic rings. The van der Waals surface area contributed by atoms with Crippen LogP contribution in [0.25, 0.3) is 22.5 Å². The van der Waals surface area contributed by atoms with Crippen molar-refractivity contribution in [1.29, 1.82) is 0 Å². The Labute approximate surface area is 190 Å². The molecule has 9 heteroatoms. The highest BCUT2D eigenvalue weighted by Gasteiger charge is 2.52. The maximum atomic E-state index is 13.2. The number of carbonyl (C=O) groups is 1. The van der Waals surface area contributed by atoms with Crippen LogP contribution in [0.3, 0.4) is 0 Å². The minimum Gasteiger partial charge on any atom is -0.493 e. The number of carbonyl (C=O) groups excluding carboxylic acids is 1. The summed E-state index contributed by atoms with van der Waals surface area (Å²) in [5, 5.41) is 17.4. The van der Waals surface area contributed by atoms with Gasteiger partial charge >= 0.3 is 0 Å². The Hall–Kier alpha value is -4.27. The Bertz CT molecular complexity index is 1290. The minimum atomic E-state index is -0.572. The lowest BCUT2D eigenvalue weighted by Crippen LogP contribution is -2.28. The van der Waals surface area contributed by atoms with Gasteiger partial charge in [-0.1, -0.05) is 18.2 Å². The van der Waals surface area contributed by atoms with E-state index in [0.29, 0.717) is 23.0 Å². The lowest BCUT2D eigenvalue weighted by atomic mass is 9.97. The topological polar surface area (TPSA) is 115 Å². The fraction of sp³-hybridized carbons (Fsp3) is 0.208. The molecule has 33 heavy (non-hydrogen) atoms. The van der Waals surface area contributed by atoms with E-state index in [1.807, 2.05) is 54.6 Å². The van der Waals surface area contributed by atoms with Gasteiger partial charge in [-0.05, 0) is 70.8 Å². The summed E-state index contributed by atoms with van der Waals surface area (Å²) in [7, 11) is 3.19. The van der Waals surface area contributed by atoms with Crippen LogP contribution in [0.2, 0.25) is 0 Å². The molecule has 0 unspecified atom stereocenters. The number of nitrogens with one attached hydrogen (secondary N) is 2. The van der Waals surface area contributed by atoms with Crippen LogP contribution in [0.1, 0.15) is 18.5 Å². The molecule has 1 amide bonds. The van der Waals surface area contributed by atoms with Gasteiger partial charge in [0.15, 0.2) is 17.3 Å². The van der Waals surface area contributed by atoms with Gasteiger partial charge in [-0.25, -0.2) is 5.10 Å². The number of amides is 1. The highest BCUT2D eigenvalue weighted by atomic mass is 16.5. The van der Waals surface area contributed by atoms with Crippen molar-refractivity contribution in [3.8, 4) is 34.0 Å². The number of methoxy groups -OCH3 is 2. The number of aromatic amines is 1. The van der Waals surface area contributed by atoms with Crippen LogP contribution >= 0.6 is 0 Å². The fourth-order valence-electron chi connectivity index (χ4n) is 3.97. The smallest absolute Gasteiger partial charge is 0.236 e. The van der Waals surface area contributed by atoms with Crippen LogP contribution in [0.4, 0.5) is 5.69 Å². The SMILES string of the molecule is COc1ccc(-c2ccc(NC(=O)C3(c4ccccn4)CC3)cc2-c2nnn[nH]2)cc1OC. The Balaban J connectivity index is 1.50. The van der Waals surface area contributed by atoms with Gasteiger partial charge in [0.1, 0.15) is 0 Å². The molecule has 0 radical (unpaired) electrons.